The van der Waals surface area contributed by atoms with Crippen LogP contribution in [0.5, 0.6) is 0 Å². The zero-order valence-electron chi connectivity index (χ0n) is 19.1. The highest BCUT2D eigenvalue weighted by Crippen LogP contribution is 2.42. The fourth-order valence-corrected chi connectivity index (χ4v) is 6.14. The average Bonchev–Trinajstić information content (AvgIpc) is 3.27. The molecule has 34 heavy (non-hydrogen) atoms. The summed E-state index contributed by atoms with van der Waals surface area (Å²) in [7, 11) is 0. The molecule has 0 unspecified atom stereocenters. The fraction of sp³-hybridized carbons (Fsp3) is 0.480. The van der Waals surface area contributed by atoms with Crippen LogP contribution in [0.4, 0.5) is 15.0 Å². The highest BCUT2D eigenvalue weighted by Gasteiger charge is 2.38. The van der Waals surface area contributed by atoms with Crippen LogP contribution in [0.1, 0.15) is 36.8 Å². The van der Waals surface area contributed by atoms with E-state index in [1.165, 1.54) is 12.5 Å². The minimum atomic E-state index is -0.431. The van der Waals surface area contributed by atoms with Crippen molar-refractivity contribution in [2.75, 3.05) is 44.2 Å². The second kappa shape index (κ2) is 9.90. The smallest absolute Gasteiger partial charge is 0.415 e. The minimum absolute atomic E-state index is 0.104. The molecule has 3 saturated heterocycles. The van der Waals surface area contributed by atoms with Crippen molar-refractivity contribution in [3.8, 4) is 6.07 Å². The number of hydrogen-bond acceptors (Lipinski definition) is 7. The van der Waals surface area contributed by atoms with Gasteiger partial charge in [0, 0.05) is 37.3 Å². The van der Waals surface area contributed by atoms with Gasteiger partial charge in [0.2, 0.25) is 0 Å². The van der Waals surface area contributed by atoms with Gasteiger partial charge in [0.15, 0.2) is 0 Å². The molecule has 0 atom stereocenters. The van der Waals surface area contributed by atoms with Gasteiger partial charge >= 0.3 is 6.09 Å². The summed E-state index contributed by atoms with van der Waals surface area (Å²) < 4.78 is 21.4. The Morgan fingerprint density at radius 2 is 2.00 bits per heavy atom. The summed E-state index contributed by atoms with van der Waals surface area (Å²) in [4.78, 5) is 21.2. The standard InChI is InChI=1S/C25H28FN5O2S/c26-22-14-19(2-3-20(22)15-27)17-29-9-1-6-25(18-29)7-10-30(11-8-25)34-21-4-5-23(28-16-21)31-12-13-33-24(31)32/h2-5,14,16H,1,6-13,17-18H2. The number of nitriles is 1. The van der Waals surface area contributed by atoms with Crippen LogP contribution in [-0.4, -0.2) is 59.6 Å². The summed E-state index contributed by atoms with van der Waals surface area (Å²) in [6.07, 6.45) is 6.18. The second-order valence-electron chi connectivity index (χ2n) is 9.38. The summed E-state index contributed by atoms with van der Waals surface area (Å²) in [5.74, 6) is 0.203. The van der Waals surface area contributed by atoms with Gasteiger partial charge in [-0.15, -0.1) is 0 Å². The number of cyclic esters (lactones) is 1. The molecule has 3 fully saturated rings. The summed E-state index contributed by atoms with van der Waals surface area (Å²) >= 11 is 1.73. The zero-order chi connectivity index (χ0) is 23.5. The Balaban J connectivity index is 1.14. The van der Waals surface area contributed by atoms with Gasteiger partial charge in [-0.3, -0.25) is 9.80 Å². The lowest BCUT2D eigenvalue weighted by Gasteiger charge is -2.47. The van der Waals surface area contributed by atoms with Crippen LogP contribution in [0, 0.1) is 22.6 Å². The van der Waals surface area contributed by atoms with E-state index in [1.54, 1.807) is 22.9 Å². The van der Waals surface area contributed by atoms with Gasteiger partial charge < -0.3 is 4.74 Å². The SMILES string of the molecule is N#Cc1ccc(CN2CCCC3(CCN(Sc4ccc(N5CCOC5=O)nc4)CC3)C2)cc1F. The van der Waals surface area contributed by atoms with Crippen molar-refractivity contribution < 1.29 is 13.9 Å². The lowest BCUT2D eigenvalue weighted by atomic mass is 9.73. The van der Waals surface area contributed by atoms with E-state index in [1.807, 2.05) is 30.5 Å². The maximum Gasteiger partial charge on any atom is 0.415 e. The minimum Gasteiger partial charge on any atom is -0.447 e. The molecule has 0 N–H and O–H groups in total. The maximum atomic E-state index is 14.0. The highest BCUT2D eigenvalue weighted by atomic mass is 32.2. The average molecular weight is 482 g/mol. The molecule has 3 aliphatic rings. The Bertz CT molecular complexity index is 1080. The van der Waals surface area contributed by atoms with E-state index in [0.717, 1.165) is 62.4 Å². The third-order valence-corrected chi connectivity index (χ3v) is 8.15. The van der Waals surface area contributed by atoms with E-state index in [-0.39, 0.29) is 11.7 Å². The lowest BCUT2D eigenvalue weighted by Crippen LogP contribution is -2.48. The van der Waals surface area contributed by atoms with Crippen molar-refractivity contribution >= 4 is 23.9 Å². The first-order chi connectivity index (χ1) is 16.5. The van der Waals surface area contributed by atoms with Crippen molar-refractivity contribution in [1.82, 2.24) is 14.2 Å². The van der Waals surface area contributed by atoms with E-state index in [9.17, 15) is 9.18 Å². The van der Waals surface area contributed by atoms with E-state index < -0.39 is 5.82 Å². The van der Waals surface area contributed by atoms with Crippen LogP contribution < -0.4 is 4.90 Å². The summed E-state index contributed by atoms with van der Waals surface area (Å²) in [6.45, 7) is 5.79. The summed E-state index contributed by atoms with van der Waals surface area (Å²) in [6, 6.07) is 10.7. The molecule has 9 heteroatoms. The van der Waals surface area contributed by atoms with Crippen molar-refractivity contribution in [1.29, 1.82) is 5.26 Å². The first-order valence-electron chi connectivity index (χ1n) is 11.8. The largest absolute Gasteiger partial charge is 0.447 e. The predicted molar refractivity (Wildman–Crippen MR) is 128 cm³/mol. The van der Waals surface area contributed by atoms with Gasteiger partial charge in [-0.2, -0.15) is 5.26 Å². The van der Waals surface area contributed by atoms with Crippen molar-refractivity contribution in [2.45, 2.75) is 37.1 Å². The number of aromatic nitrogens is 1. The Morgan fingerprint density at radius 1 is 1.15 bits per heavy atom. The molecule has 1 aromatic carbocycles. The number of anilines is 1. The molecule has 5 rings (SSSR count). The number of ether oxygens (including phenoxy) is 1. The van der Waals surface area contributed by atoms with Crippen LogP contribution in [0.25, 0.3) is 0 Å². The number of piperidine rings is 2. The monoisotopic (exact) mass is 481 g/mol. The van der Waals surface area contributed by atoms with Gasteiger partial charge in [0.05, 0.1) is 12.1 Å². The molecule has 0 radical (unpaired) electrons. The second-order valence-corrected chi connectivity index (χ2v) is 10.5. The van der Waals surface area contributed by atoms with E-state index in [4.69, 9.17) is 10.00 Å². The van der Waals surface area contributed by atoms with Gasteiger partial charge in [0.1, 0.15) is 24.3 Å². The number of nitrogens with zero attached hydrogens (tertiary/aromatic N) is 5. The molecule has 1 aromatic heterocycles. The third-order valence-electron chi connectivity index (χ3n) is 7.08. The number of halogens is 1. The van der Waals surface area contributed by atoms with E-state index in [2.05, 4.69) is 14.2 Å². The molecular weight excluding hydrogens is 453 g/mol. The van der Waals surface area contributed by atoms with E-state index in [0.29, 0.717) is 24.4 Å². The van der Waals surface area contributed by atoms with E-state index >= 15 is 0 Å². The zero-order valence-corrected chi connectivity index (χ0v) is 19.9. The summed E-state index contributed by atoms with van der Waals surface area (Å²) in [5.41, 5.74) is 1.35. The fourth-order valence-electron chi connectivity index (χ4n) is 5.25. The van der Waals surface area contributed by atoms with Crippen LogP contribution in [0.3, 0.4) is 0 Å². The molecule has 2 aromatic rings. The molecule has 178 valence electrons. The topological polar surface area (TPSA) is 72.7 Å². The number of rotatable bonds is 5. The Kier molecular flexibility index (Phi) is 6.73. The van der Waals surface area contributed by atoms with Gasteiger partial charge in [-0.25, -0.2) is 18.5 Å². The molecular formula is C25H28FN5O2S. The van der Waals surface area contributed by atoms with Crippen LogP contribution >= 0.6 is 11.9 Å². The van der Waals surface area contributed by atoms with Crippen LogP contribution in [0.2, 0.25) is 0 Å². The first-order valence-corrected chi connectivity index (χ1v) is 12.6. The molecule has 3 aliphatic heterocycles. The van der Waals surface area contributed by atoms with Gasteiger partial charge in [0.25, 0.3) is 0 Å². The van der Waals surface area contributed by atoms with Crippen molar-refractivity contribution in [3.63, 3.8) is 0 Å². The number of benzene rings is 1. The predicted octanol–water partition coefficient (Wildman–Crippen LogP) is 4.43. The van der Waals surface area contributed by atoms with Crippen molar-refractivity contribution in [2.24, 2.45) is 5.41 Å². The molecule has 0 saturated carbocycles. The molecule has 4 heterocycles. The number of likely N-dealkylation sites (tertiary alicyclic amines) is 1. The number of hydrogen-bond donors (Lipinski definition) is 0. The van der Waals surface area contributed by atoms with Crippen LogP contribution in [-0.2, 0) is 11.3 Å². The molecule has 0 bridgehead atoms. The Hall–Kier alpha value is -2.67. The number of amides is 1. The first kappa shape index (κ1) is 23.1. The molecule has 1 amide bonds. The summed E-state index contributed by atoms with van der Waals surface area (Å²) in [5, 5.41) is 8.95. The number of pyridine rings is 1. The number of carbonyl (C=O) groups is 1. The van der Waals surface area contributed by atoms with Crippen LogP contribution in [0.15, 0.2) is 41.4 Å². The Labute approximate surface area is 203 Å². The number of carbonyl (C=O) groups excluding carboxylic acids is 1. The van der Waals surface area contributed by atoms with Gasteiger partial charge in [-0.1, -0.05) is 6.07 Å². The lowest BCUT2D eigenvalue weighted by molar-refractivity contribution is 0.0411. The maximum absolute atomic E-state index is 14.0. The third kappa shape index (κ3) is 5.04. The van der Waals surface area contributed by atoms with Gasteiger partial charge in [-0.05, 0) is 79.4 Å². The highest BCUT2D eigenvalue weighted by molar-refractivity contribution is 7.97. The van der Waals surface area contributed by atoms with Crippen molar-refractivity contribution in [3.05, 3.63) is 53.5 Å². The molecule has 0 aliphatic carbocycles. The molecule has 1 spiro atoms. The quantitative estimate of drug-likeness (QED) is 0.585. The normalized spacial score (nSPS) is 20.9. The molecule has 7 nitrogen and oxygen atoms in total. The Morgan fingerprint density at radius 3 is 2.68 bits per heavy atom.